The molecule has 6 heteroatoms. The van der Waals surface area contributed by atoms with E-state index in [0.29, 0.717) is 5.92 Å². The van der Waals surface area contributed by atoms with Crippen molar-refractivity contribution in [3.05, 3.63) is 30.6 Å². The lowest BCUT2D eigenvalue weighted by atomic mass is 9.77. The monoisotopic (exact) mass is 301 g/mol. The molecule has 0 fully saturated rings. The minimum absolute atomic E-state index is 0.117. The van der Waals surface area contributed by atoms with Gasteiger partial charge in [-0.3, -0.25) is 4.68 Å². The Balaban J connectivity index is 2.22. The first-order valence-corrected chi connectivity index (χ1v) is 7.73. The number of aromatic nitrogens is 3. The molecule has 118 valence electrons. The van der Waals surface area contributed by atoms with Gasteiger partial charge in [0.2, 0.25) is 0 Å². The largest absolute Gasteiger partial charge is 0.493 e. The SMILES string of the molecule is CCn1cnc(-c2cccc(B(OC)OC(C)C(C)C)c2)n1. The smallest absolute Gasteiger partial charge is 0.410 e. The van der Waals surface area contributed by atoms with Crippen LogP contribution in [0, 0.1) is 5.92 Å². The molecule has 1 atom stereocenters. The van der Waals surface area contributed by atoms with Crippen LogP contribution in [0.1, 0.15) is 27.7 Å². The van der Waals surface area contributed by atoms with E-state index in [0.717, 1.165) is 23.4 Å². The molecular weight excluding hydrogens is 277 g/mol. The van der Waals surface area contributed by atoms with E-state index in [2.05, 4.69) is 30.9 Å². The van der Waals surface area contributed by atoms with Gasteiger partial charge in [-0.1, -0.05) is 38.1 Å². The fourth-order valence-corrected chi connectivity index (χ4v) is 2.03. The van der Waals surface area contributed by atoms with Crippen molar-refractivity contribution in [3.63, 3.8) is 0 Å². The first kappa shape index (κ1) is 16.7. The van der Waals surface area contributed by atoms with Gasteiger partial charge in [-0.15, -0.1) is 0 Å². The van der Waals surface area contributed by atoms with Crippen LogP contribution in [0.3, 0.4) is 0 Å². The fraction of sp³-hybridized carbons (Fsp3) is 0.500. The quantitative estimate of drug-likeness (QED) is 0.737. The van der Waals surface area contributed by atoms with E-state index in [9.17, 15) is 0 Å². The maximum absolute atomic E-state index is 6.00. The van der Waals surface area contributed by atoms with Gasteiger partial charge in [-0.25, -0.2) is 4.98 Å². The van der Waals surface area contributed by atoms with Gasteiger partial charge in [0, 0.05) is 25.3 Å². The van der Waals surface area contributed by atoms with Crippen molar-refractivity contribution in [2.45, 2.75) is 40.3 Å². The molecule has 2 aromatic rings. The van der Waals surface area contributed by atoms with Crippen molar-refractivity contribution >= 4 is 12.6 Å². The summed E-state index contributed by atoms with van der Waals surface area (Å²) in [5, 5.41) is 4.44. The van der Waals surface area contributed by atoms with Gasteiger partial charge in [0.25, 0.3) is 0 Å². The van der Waals surface area contributed by atoms with E-state index in [4.69, 9.17) is 9.31 Å². The third-order valence-electron chi connectivity index (χ3n) is 3.77. The normalized spacial score (nSPS) is 12.6. The lowest BCUT2D eigenvalue weighted by Gasteiger charge is -2.21. The van der Waals surface area contributed by atoms with E-state index in [1.54, 1.807) is 13.4 Å². The van der Waals surface area contributed by atoms with Crippen LogP contribution in [0.15, 0.2) is 30.6 Å². The van der Waals surface area contributed by atoms with Gasteiger partial charge < -0.3 is 9.31 Å². The first-order chi connectivity index (χ1) is 10.5. The van der Waals surface area contributed by atoms with Crippen molar-refractivity contribution in [1.29, 1.82) is 0 Å². The maximum Gasteiger partial charge on any atom is 0.493 e. The first-order valence-electron chi connectivity index (χ1n) is 7.73. The fourth-order valence-electron chi connectivity index (χ4n) is 2.03. The minimum Gasteiger partial charge on any atom is -0.410 e. The molecular formula is C16H24BN3O2. The molecule has 0 bridgehead atoms. The molecule has 1 heterocycles. The molecule has 22 heavy (non-hydrogen) atoms. The molecule has 0 N–H and O–H groups in total. The molecule has 5 nitrogen and oxygen atoms in total. The van der Waals surface area contributed by atoms with E-state index >= 15 is 0 Å². The minimum atomic E-state index is -0.384. The Morgan fingerprint density at radius 1 is 1.27 bits per heavy atom. The van der Waals surface area contributed by atoms with E-state index in [1.165, 1.54) is 0 Å². The summed E-state index contributed by atoms with van der Waals surface area (Å²) >= 11 is 0. The van der Waals surface area contributed by atoms with Crippen LogP contribution < -0.4 is 5.46 Å². The molecule has 0 aliphatic rings. The third-order valence-corrected chi connectivity index (χ3v) is 3.77. The second-order valence-electron chi connectivity index (χ2n) is 5.70. The molecule has 1 aromatic heterocycles. The van der Waals surface area contributed by atoms with Crippen LogP contribution in [-0.4, -0.2) is 35.1 Å². The number of rotatable bonds is 7. The molecule has 0 radical (unpaired) electrons. The Bertz CT molecular complexity index is 601. The van der Waals surface area contributed by atoms with Crippen LogP contribution in [0.25, 0.3) is 11.4 Å². The Morgan fingerprint density at radius 2 is 2.05 bits per heavy atom. The van der Waals surface area contributed by atoms with Crippen LogP contribution >= 0.6 is 0 Å². The molecule has 0 aliphatic carbocycles. The summed E-state index contributed by atoms with van der Waals surface area (Å²) in [5.74, 6) is 1.15. The molecule has 0 saturated heterocycles. The predicted octanol–water partition coefficient (Wildman–Crippen LogP) is 2.37. The second-order valence-corrected chi connectivity index (χ2v) is 5.70. The number of hydrogen-bond donors (Lipinski definition) is 0. The number of benzene rings is 1. The van der Waals surface area contributed by atoms with Crippen LogP contribution in [-0.2, 0) is 15.9 Å². The zero-order valence-corrected chi connectivity index (χ0v) is 14.0. The van der Waals surface area contributed by atoms with Gasteiger partial charge in [-0.2, -0.15) is 5.10 Å². The second kappa shape index (κ2) is 7.56. The lowest BCUT2D eigenvalue weighted by Crippen LogP contribution is -2.40. The standard InChI is InChI=1S/C16H24BN3O2/c1-6-20-11-18-16(19-20)14-8-7-9-15(10-14)17(21-5)22-13(4)12(2)3/h7-13H,6H2,1-5H3. The van der Waals surface area contributed by atoms with Crippen molar-refractivity contribution in [2.24, 2.45) is 5.92 Å². The average molecular weight is 301 g/mol. The third kappa shape index (κ3) is 3.96. The zero-order chi connectivity index (χ0) is 16.1. The molecule has 1 aromatic carbocycles. The molecule has 0 aliphatic heterocycles. The summed E-state index contributed by atoms with van der Waals surface area (Å²) in [5.41, 5.74) is 1.94. The van der Waals surface area contributed by atoms with Crippen molar-refractivity contribution < 1.29 is 9.31 Å². The Kier molecular flexibility index (Phi) is 5.74. The van der Waals surface area contributed by atoms with Crippen LogP contribution in [0.2, 0.25) is 0 Å². The average Bonchev–Trinajstić information content (AvgIpc) is 3.01. The molecule has 0 spiro atoms. The highest BCUT2D eigenvalue weighted by Crippen LogP contribution is 2.14. The summed E-state index contributed by atoms with van der Waals surface area (Å²) in [6.45, 7) is 9.18. The van der Waals surface area contributed by atoms with E-state index in [-0.39, 0.29) is 13.2 Å². The van der Waals surface area contributed by atoms with Gasteiger partial charge >= 0.3 is 7.12 Å². The topological polar surface area (TPSA) is 49.2 Å². The Morgan fingerprint density at radius 3 is 2.64 bits per heavy atom. The maximum atomic E-state index is 6.00. The Hall–Kier alpha value is -1.66. The van der Waals surface area contributed by atoms with Crippen molar-refractivity contribution in [1.82, 2.24) is 14.8 Å². The lowest BCUT2D eigenvalue weighted by molar-refractivity contribution is 0.134. The highest BCUT2D eigenvalue weighted by molar-refractivity contribution is 6.61. The number of nitrogens with zero attached hydrogens (tertiary/aromatic N) is 3. The summed E-state index contributed by atoms with van der Waals surface area (Å²) in [6, 6.07) is 8.00. The summed E-state index contributed by atoms with van der Waals surface area (Å²) in [6.07, 6.45) is 1.86. The molecule has 0 saturated carbocycles. The summed E-state index contributed by atoms with van der Waals surface area (Å²) in [4.78, 5) is 4.34. The Labute approximate surface area is 132 Å². The molecule has 0 amide bonds. The van der Waals surface area contributed by atoms with Crippen molar-refractivity contribution in [2.75, 3.05) is 7.11 Å². The summed E-state index contributed by atoms with van der Waals surface area (Å²) < 4.78 is 13.3. The van der Waals surface area contributed by atoms with Gasteiger partial charge in [0.15, 0.2) is 5.82 Å². The summed E-state index contributed by atoms with van der Waals surface area (Å²) in [7, 11) is 1.28. The molecule has 1 unspecified atom stereocenters. The van der Waals surface area contributed by atoms with Gasteiger partial charge in [-0.05, 0) is 25.2 Å². The molecule has 2 rings (SSSR count). The number of aryl methyl sites for hydroxylation is 1. The zero-order valence-electron chi connectivity index (χ0n) is 14.0. The van der Waals surface area contributed by atoms with Gasteiger partial charge in [0.1, 0.15) is 6.33 Å². The van der Waals surface area contributed by atoms with Crippen molar-refractivity contribution in [3.8, 4) is 11.4 Å². The van der Waals surface area contributed by atoms with E-state index < -0.39 is 0 Å². The highest BCUT2D eigenvalue weighted by Gasteiger charge is 2.24. The predicted molar refractivity (Wildman–Crippen MR) is 88.9 cm³/mol. The highest BCUT2D eigenvalue weighted by atomic mass is 16.6. The van der Waals surface area contributed by atoms with Crippen LogP contribution in [0.5, 0.6) is 0 Å². The van der Waals surface area contributed by atoms with Gasteiger partial charge in [0.05, 0.1) is 0 Å². The number of hydrogen-bond acceptors (Lipinski definition) is 4. The van der Waals surface area contributed by atoms with E-state index in [1.807, 2.05) is 35.9 Å². The van der Waals surface area contributed by atoms with Crippen LogP contribution in [0.4, 0.5) is 0 Å².